The highest BCUT2D eigenvalue weighted by Crippen LogP contribution is 2.34. The van der Waals surface area contributed by atoms with Crippen LogP contribution in [0.4, 0.5) is 5.13 Å². The molecule has 4 nitrogen and oxygen atoms in total. The zero-order chi connectivity index (χ0) is 18.8. The monoisotopic (exact) mass is 413 g/mol. The topological polar surface area (TPSA) is 46.1 Å². The summed E-state index contributed by atoms with van der Waals surface area (Å²) in [5, 5.41) is 1.63. The summed E-state index contributed by atoms with van der Waals surface area (Å²) in [6, 6.07) is 18.1. The third-order valence-electron chi connectivity index (χ3n) is 3.95. The number of benzene rings is 2. The van der Waals surface area contributed by atoms with Gasteiger partial charge >= 0.3 is 0 Å². The highest BCUT2D eigenvalue weighted by molar-refractivity contribution is 7.22. The molecule has 1 amide bonds. The molecular weight excluding hydrogens is 401 g/mol. The first kappa shape index (κ1) is 17.9. The molecule has 0 N–H and O–H groups in total. The fraction of sp³-hybridized carbons (Fsp3) is 0.0500. The zero-order valence-corrected chi connectivity index (χ0v) is 16.3. The molecule has 0 unspecified atom stereocenters. The Balaban J connectivity index is 1.79. The summed E-state index contributed by atoms with van der Waals surface area (Å²) < 4.78 is 0.919. The van der Waals surface area contributed by atoms with Crippen LogP contribution in [0.15, 0.2) is 66.9 Å². The first-order valence-electron chi connectivity index (χ1n) is 8.14. The van der Waals surface area contributed by atoms with E-state index in [0.29, 0.717) is 32.8 Å². The van der Waals surface area contributed by atoms with E-state index in [9.17, 15) is 4.79 Å². The van der Waals surface area contributed by atoms with Gasteiger partial charge in [-0.3, -0.25) is 14.7 Å². The Bertz CT molecular complexity index is 1110. The molecule has 0 saturated heterocycles. The van der Waals surface area contributed by atoms with Crippen LogP contribution in [0.1, 0.15) is 16.1 Å². The van der Waals surface area contributed by atoms with E-state index in [2.05, 4.69) is 9.97 Å². The van der Waals surface area contributed by atoms with E-state index in [-0.39, 0.29) is 5.91 Å². The molecule has 2 aromatic heterocycles. The Kier molecular flexibility index (Phi) is 5.07. The second-order valence-corrected chi connectivity index (χ2v) is 7.66. The van der Waals surface area contributed by atoms with Gasteiger partial charge in [-0.2, -0.15) is 0 Å². The lowest BCUT2D eigenvalue weighted by molar-refractivity contribution is 0.0985. The number of para-hydroxylation sites is 1. The molecule has 4 aromatic rings. The van der Waals surface area contributed by atoms with Gasteiger partial charge in [0.05, 0.1) is 22.0 Å². The molecule has 0 saturated carbocycles. The van der Waals surface area contributed by atoms with Crippen molar-refractivity contribution >= 4 is 55.8 Å². The van der Waals surface area contributed by atoms with Crippen LogP contribution < -0.4 is 4.90 Å². The van der Waals surface area contributed by atoms with Crippen LogP contribution in [-0.4, -0.2) is 15.9 Å². The summed E-state index contributed by atoms with van der Waals surface area (Å²) in [5.74, 6) is -0.196. The summed E-state index contributed by atoms with van der Waals surface area (Å²) >= 11 is 13.7. The Morgan fingerprint density at radius 1 is 1.04 bits per heavy atom. The van der Waals surface area contributed by atoms with Gasteiger partial charge in [0.25, 0.3) is 5.91 Å². The number of fused-ring (bicyclic) bond motifs is 1. The lowest BCUT2D eigenvalue weighted by atomic mass is 10.2. The lowest BCUT2D eigenvalue weighted by Gasteiger charge is -2.19. The second-order valence-electron chi connectivity index (χ2n) is 5.81. The number of carbonyl (C=O) groups is 1. The molecule has 0 radical (unpaired) electrons. The van der Waals surface area contributed by atoms with Gasteiger partial charge < -0.3 is 0 Å². The standard InChI is InChI=1S/C20H13Cl2N3OS/c21-14-6-3-5-13(11-14)19(26)25(12-15-7-1-2-10-23-15)20-24-18-16(22)8-4-9-17(18)27-20/h1-11H,12H2. The largest absolute Gasteiger partial charge is 0.278 e. The third kappa shape index (κ3) is 3.81. The van der Waals surface area contributed by atoms with Gasteiger partial charge in [0.1, 0.15) is 5.52 Å². The molecule has 0 fully saturated rings. The number of halogens is 2. The second kappa shape index (κ2) is 7.64. The number of carbonyl (C=O) groups excluding carboxylic acids is 1. The average molecular weight is 414 g/mol. The number of pyridine rings is 1. The van der Waals surface area contributed by atoms with Crippen molar-refractivity contribution in [3.05, 3.63) is 88.2 Å². The number of hydrogen-bond donors (Lipinski definition) is 0. The third-order valence-corrected chi connectivity index (χ3v) is 5.54. The highest BCUT2D eigenvalue weighted by Gasteiger charge is 2.23. The van der Waals surface area contributed by atoms with E-state index in [1.165, 1.54) is 11.3 Å². The highest BCUT2D eigenvalue weighted by atomic mass is 35.5. The number of thiazole rings is 1. The van der Waals surface area contributed by atoms with Crippen LogP contribution >= 0.6 is 34.5 Å². The van der Waals surface area contributed by atoms with Crippen LogP contribution in [0.5, 0.6) is 0 Å². The molecule has 2 heterocycles. The first-order chi connectivity index (χ1) is 13.1. The van der Waals surface area contributed by atoms with Crippen molar-refractivity contribution < 1.29 is 4.79 Å². The molecule has 2 aromatic carbocycles. The van der Waals surface area contributed by atoms with Gasteiger partial charge in [0.15, 0.2) is 5.13 Å². The normalized spacial score (nSPS) is 10.9. The van der Waals surface area contributed by atoms with Gasteiger partial charge in [0, 0.05) is 16.8 Å². The number of aromatic nitrogens is 2. The van der Waals surface area contributed by atoms with Gasteiger partial charge in [-0.1, -0.05) is 52.7 Å². The van der Waals surface area contributed by atoms with Crippen LogP contribution in [0, 0.1) is 0 Å². The first-order valence-corrected chi connectivity index (χ1v) is 9.71. The number of nitrogens with zero attached hydrogens (tertiary/aromatic N) is 3. The van der Waals surface area contributed by atoms with Crippen LogP contribution in [-0.2, 0) is 6.54 Å². The Morgan fingerprint density at radius 3 is 2.63 bits per heavy atom. The summed E-state index contributed by atoms with van der Waals surface area (Å²) in [5.41, 5.74) is 1.94. The average Bonchev–Trinajstić information content (AvgIpc) is 3.12. The van der Waals surface area contributed by atoms with Crippen LogP contribution in [0.2, 0.25) is 10.0 Å². The van der Waals surface area contributed by atoms with Crippen LogP contribution in [0.25, 0.3) is 10.2 Å². The predicted octanol–water partition coefficient (Wildman–Crippen LogP) is 5.85. The summed E-state index contributed by atoms with van der Waals surface area (Å²) in [6.07, 6.45) is 1.70. The minimum atomic E-state index is -0.196. The quantitative estimate of drug-likeness (QED) is 0.421. The molecule has 7 heteroatoms. The minimum Gasteiger partial charge on any atom is -0.278 e. The Morgan fingerprint density at radius 2 is 1.89 bits per heavy atom. The predicted molar refractivity (Wildman–Crippen MR) is 111 cm³/mol. The summed E-state index contributed by atoms with van der Waals surface area (Å²) in [7, 11) is 0. The van der Waals surface area contributed by atoms with Gasteiger partial charge in [-0.05, 0) is 42.5 Å². The number of rotatable bonds is 4. The van der Waals surface area contributed by atoms with Gasteiger partial charge in [-0.15, -0.1) is 0 Å². The molecule has 4 rings (SSSR count). The van der Waals surface area contributed by atoms with E-state index in [4.69, 9.17) is 23.2 Å². The van der Waals surface area contributed by atoms with Crippen molar-refractivity contribution in [1.82, 2.24) is 9.97 Å². The Labute approximate surface area is 170 Å². The summed E-state index contributed by atoms with van der Waals surface area (Å²) in [6.45, 7) is 0.295. The molecule has 0 aliphatic rings. The zero-order valence-electron chi connectivity index (χ0n) is 14.0. The van der Waals surface area contributed by atoms with Crippen molar-refractivity contribution in [3.8, 4) is 0 Å². The van der Waals surface area contributed by atoms with Crippen molar-refractivity contribution in [3.63, 3.8) is 0 Å². The number of anilines is 1. The number of hydrogen-bond acceptors (Lipinski definition) is 4. The van der Waals surface area contributed by atoms with Crippen molar-refractivity contribution in [1.29, 1.82) is 0 Å². The van der Waals surface area contributed by atoms with E-state index < -0.39 is 0 Å². The molecule has 0 atom stereocenters. The lowest BCUT2D eigenvalue weighted by Crippen LogP contribution is -2.30. The van der Waals surface area contributed by atoms with Gasteiger partial charge in [0.2, 0.25) is 0 Å². The molecule has 27 heavy (non-hydrogen) atoms. The number of amides is 1. The van der Waals surface area contributed by atoms with Crippen molar-refractivity contribution in [2.45, 2.75) is 6.54 Å². The molecule has 0 spiro atoms. The maximum atomic E-state index is 13.2. The fourth-order valence-electron chi connectivity index (χ4n) is 2.68. The molecular formula is C20H13Cl2N3OS. The summed E-state index contributed by atoms with van der Waals surface area (Å²) in [4.78, 5) is 23.8. The van der Waals surface area contributed by atoms with E-state index >= 15 is 0 Å². The van der Waals surface area contributed by atoms with E-state index in [1.54, 1.807) is 41.4 Å². The van der Waals surface area contributed by atoms with Crippen molar-refractivity contribution in [2.75, 3.05) is 4.90 Å². The van der Waals surface area contributed by atoms with E-state index in [0.717, 1.165) is 10.4 Å². The Hall–Kier alpha value is -2.47. The SMILES string of the molecule is O=C(c1cccc(Cl)c1)N(Cc1ccccn1)c1nc2c(Cl)cccc2s1. The molecule has 134 valence electrons. The van der Waals surface area contributed by atoms with E-state index in [1.807, 2.05) is 30.3 Å². The minimum absolute atomic E-state index is 0.196. The van der Waals surface area contributed by atoms with Gasteiger partial charge in [-0.25, -0.2) is 4.98 Å². The maximum absolute atomic E-state index is 13.2. The fourth-order valence-corrected chi connectivity index (χ4v) is 4.13. The molecule has 0 aliphatic carbocycles. The smallest absolute Gasteiger partial charge is 0.260 e. The molecule has 0 bridgehead atoms. The maximum Gasteiger partial charge on any atom is 0.260 e. The van der Waals surface area contributed by atoms with Crippen LogP contribution in [0.3, 0.4) is 0 Å². The molecule has 0 aliphatic heterocycles. The van der Waals surface area contributed by atoms with Crippen molar-refractivity contribution in [2.24, 2.45) is 0 Å².